The van der Waals surface area contributed by atoms with Gasteiger partial charge in [-0.1, -0.05) is 30.3 Å². The molecule has 1 aromatic carbocycles. The lowest BCUT2D eigenvalue weighted by Gasteiger charge is -2.45. The van der Waals surface area contributed by atoms with Crippen LogP contribution in [0.2, 0.25) is 0 Å². The molecular formula is C20H34N4O. The standard InChI is InChI=1S/C20H34N4O/c1-16-13-24(14-17(2)25-16)20(3,4)15-22-19(23(5)6)21-12-18-10-8-7-9-11-18/h7-11,16-17H,12-15H2,1-6H3,(H,21,22). The van der Waals surface area contributed by atoms with Crippen molar-refractivity contribution >= 4 is 5.96 Å². The third kappa shape index (κ3) is 6.01. The number of ether oxygens (including phenoxy) is 1. The lowest BCUT2D eigenvalue weighted by atomic mass is 10.00. The number of nitrogens with one attached hydrogen (secondary N) is 1. The maximum atomic E-state index is 5.87. The molecule has 2 unspecified atom stereocenters. The van der Waals surface area contributed by atoms with Crippen molar-refractivity contribution in [1.82, 2.24) is 15.1 Å². The van der Waals surface area contributed by atoms with Crippen LogP contribution in [0.4, 0.5) is 0 Å². The summed E-state index contributed by atoms with van der Waals surface area (Å²) in [6.07, 6.45) is 0.561. The number of hydrogen-bond acceptors (Lipinski definition) is 3. The fourth-order valence-electron chi connectivity index (χ4n) is 3.18. The quantitative estimate of drug-likeness (QED) is 0.657. The molecule has 1 aliphatic heterocycles. The van der Waals surface area contributed by atoms with E-state index in [0.717, 1.165) is 25.6 Å². The Morgan fingerprint density at radius 2 is 1.80 bits per heavy atom. The van der Waals surface area contributed by atoms with Crippen LogP contribution in [0.5, 0.6) is 0 Å². The van der Waals surface area contributed by atoms with Gasteiger partial charge in [0.25, 0.3) is 0 Å². The van der Waals surface area contributed by atoms with Crippen molar-refractivity contribution in [1.29, 1.82) is 0 Å². The van der Waals surface area contributed by atoms with E-state index in [4.69, 9.17) is 9.73 Å². The SMILES string of the molecule is CC1CN(C(C)(C)CNC(=NCc2ccccc2)N(C)C)CC(C)O1. The lowest BCUT2D eigenvalue weighted by molar-refractivity contribution is -0.0946. The first-order valence-electron chi connectivity index (χ1n) is 9.18. The molecule has 1 heterocycles. The van der Waals surface area contributed by atoms with Gasteiger partial charge >= 0.3 is 0 Å². The molecule has 1 fully saturated rings. The van der Waals surface area contributed by atoms with Crippen LogP contribution in [0.3, 0.4) is 0 Å². The Labute approximate surface area is 153 Å². The predicted octanol–water partition coefficient (Wildman–Crippen LogP) is 2.58. The molecule has 1 aromatic rings. The minimum Gasteiger partial charge on any atom is -0.373 e. The third-order valence-electron chi connectivity index (χ3n) is 4.63. The average molecular weight is 347 g/mol. The van der Waals surface area contributed by atoms with Crippen LogP contribution in [0.1, 0.15) is 33.3 Å². The van der Waals surface area contributed by atoms with Gasteiger partial charge in [0, 0.05) is 39.3 Å². The third-order valence-corrected chi connectivity index (χ3v) is 4.63. The summed E-state index contributed by atoms with van der Waals surface area (Å²) in [5.41, 5.74) is 1.26. The molecule has 1 N–H and O–H groups in total. The van der Waals surface area contributed by atoms with Gasteiger partial charge in [0.2, 0.25) is 0 Å². The van der Waals surface area contributed by atoms with E-state index in [1.807, 2.05) is 25.1 Å². The van der Waals surface area contributed by atoms with Gasteiger partial charge in [-0.3, -0.25) is 4.90 Å². The minimum absolute atomic E-state index is 0.0375. The second kappa shape index (κ2) is 8.68. The molecule has 0 aromatic heterocycles. The van der Waals surface area contributed by atoms with Crippen LogP contribution < -0.4 is 5.32 Å². The second-order valence-corrected chi connectivity index (χ2v) is 7.85. The highest BCUT2D eigenvalue weighted by atomic mass is 16.5. The molecular weight excluding hydrogens is 312 g/mol. The highest BCUT2D eigenvalue weighted by Crippen LogP contribution is 2.20. The lowest BCUT2D eigenvalue weighted by Crippen LogP contribution is -2.59. The van der Waals surface area contributed by atoms with Crippen molar-refractivity contribution in [2.45, 2.75) is 52.0 Å². The van der Waals surface area contributed by atoms with Gasteiger partial charge in [0.05, 0.1) is 18.8 Å². The van der Waals surface area contributed by atoms with Crippen molar-refractivity contribution in [3.8, 4) is 0 Å². The van der Waals surface area contributed by atoms with E-state index < -0.39 is 0 Å². The normalized spacial score (nSPS) is 22.7. The minimum atomic E-state index is 0.0375. The summed E-state index contributed by atoms with van der Waals surface area (Å²) in [5.74, 6) is 0.922. The zero-order valence-electron chi connectivity index (χ0n) is 16.6. The molecule has 0 spiro atoms. The average Bonchev–Trinajstić information content (AvgIpc) is 2.54. The maximum absolute atomic E-state index is 5.87. The van der Waals surface area contributed by atoms with E-state index >= 15 is 0 Å². The van der Waals surface area contributed by atoms with Crippen molar-refractivity contribution < 1.29 is 4.74 Å². The fraction of sp³-hybridized carbons (Fsp3) is 0.650. The van der Waals surface area contributed by atoms with E-state index in [1.165, 1.54) is 5.56 Å². The molecule has 25 heavy (non-hydrogen) atoms. The van der Waals surface area contributed by atoms with E-state index in [2.05, 4.69) is 62.2 Å². The van der Waals surface area contributed by atoms with E-state index in [9.17, 15) is 0 Å². The van der Waals surface area contributed by atoms with E-state index in [-0.39, 0.29) is 17.7 Å². The monoisotopic (exact) mass is 346 g/mol. The van der Waals surface area contributed by atoms with Gasteiger partial charge < -0.3 is 15.0 Å². The molecule has 0 saturated carbocycles. The molecule has 1 aliphatic rings. The second-order valence-electron chi connectivity index (χ2n) is 7.85. The molecule has 5 heteroatoms. The van der Waals surface area contributed by atoms with Gasteiger partial charge in [-0.2, -0.15) is 0 Å². The molecule has 0 radical (unpaired) electrons. The molecule has 2 atom stereocenters. The van der Waals surface area contributed by atoms with Gasteiger partial charge in [0.15, 0.2) is 5.96 Å². The summed E-state index contributed by atoms with van der Waals surface area (Å²) < 4.78 is 5.87. The summed E-state index contributed by atoms with van der Waals surface area (Å²) in [4.78, 5) is 9.32. The highest BCUT2D eigenvalue weighted by Gasteiger charge is 2.33. The molecule has 0 amide bonds. The molecule has 1 saturated heterocycles. The zero-order chi connectivity index (χ0) is 18.4. The van der Waals surface area contributed by atoms with E-state index in [0.29, 0.717) is 6.54 Å². The van der Waals surface area contributed by atoms with Gasteiger partial charge in [0.1, 0.15) is 0 Å². The Hall–Kier alpha value is -1.59. The number of nitrogens with zero attached hydrogens (tertiary/aromatic N) is 3. The summed E-state index contributed by atoms with van der Waals surface area (Å²) in [6, 6.07) is 10.4. The first-order chi connectivity index (χ1) is 11.8. The summed E-state index contributed by atoms with van der Waals surface area (Å²) >= 11 is 0. The fourth-order valence-corrected chi connectivity index (χ4v) is 3.18. The molecule has 5 nitrogen and oxygen atoms in total. The molecule has 140 valence electrons. The zero-order valence-corrected chi connectivity index (χ0v) is 16.6. The summed E-state index contributed by atoms with van der Waals surface area (Å²) in [7, 11) is 4.06. The predicted molar refractivity (Wildman–Crippen MR) is 105 cm³/mol. The molecule has 2 rings (SSSR count). The van der Waals surface area contributed by atoms with Crippen LogP contribution in [-0.2, 0) is 11.3 Å². The number of guanidine groups is 1. The maximum Gasteiger partial charge on any atom is 0.193 e. The van der Waals surface area contributed by atoms with Crippen LogP contribution in [-0.4, -0.2) is 67.2 Å². The Balaban J connectivity index is 1.97. The molecule has 0 aliphatic carbocycles. The van der Waals surface area contributed by atoms with Crippen LogP contribution in [0, 0.1) is 0 Å². The summed E-state index contributed by atoms with van der Waals surface area (Å²) in [5, 5.41) is 3.55. The van der Waals surface area contributed by atoms with Crippen molar-refractivity contribution in [3.63, 3.8) is 0 Å². The number of hydrogen-bond donors (Lipinski definition) is 1. The van der Waals surface area contributed by atoms with Crippen molar-refractivity contribution in [2.75, 3.05) is 33.7 Å². The largest absolute Gasteiger partial charge is 0.373 e. The van der Waals surface area contributed by atoms with Gasteiger partial charge in [-0.25, -0.2) is 4.99 Å². The number of rotatable bonds is 5. The van der Waals surface area contributed by atoms with Crippen molar-refractivity contribution in [2.24, 2.45) is 4.99 Å². The highest BCUT2D eigenvalue weighted by molar-refractivity contribution is 5.79. The van der Waals surface area contributed by atoms with E-state index in [1.54, 1.807) is 0 Å². The van der Waals surface area contributed by atoms with Gasteiger partial charge in [-0.15, -0.1) is 0 Å². The van der Waals surface area contributed by atoms with Crippen LogP contribution in [0.25, 0.3) is 0 Å². The number of benzene rings is 1. The Morgan fingerprint density at radius 1 is 1.20 bits per heavy atom. The number of morpholine rings is 1. The van der Waals surface area contributed by atoms with Crippen molar-refractivity contribution in [3.05, 3.63) is 35.9 Å². The molecule has 0 bridgehead atoms. The number of aliphatic imine (C=N–C) groups is 1. The smallest absolute Gasteiger partial charge is 0.193 e. The Morgan fingerprint density at radius 3 is 2.36 bits per heavy atom. The summed E-state index contributed by atoms with van der Waals surface area (Å²) in [6.45, 7) is 12.3. The van der Waals surface area contributed by atoms with Gasteiger partial charge in [-0.05, 0) is 33.3 Å². The topological polar surface area (TPSA) is 40.1 Å². The first kappa shape index (κ1) is 19.7. The Bertz CT molecular complexity index is 546. The Kier molecular flexibility index (Phi) is 6.85. The van der Waals surface area contributed by atoms with Crippen LogP contribution >= 0.6 is 0 Å². The van der Waals surface area contributed by atoms with Crippen LogP contribution in [0.15, 0.2) is 35.3 Å². The first-order valence-corrected chi connectivity index (χ1v) is 9.18.